The summed E-state index contributed by atoms with van der Waals surface area (Å²) >= 11 is 0. The molecule has 6 heteroatoms. The van der Waals surface area contributed by atoms with E-state index in [2.05, 4.69) is 10.2 Å². The minimum absolute atomic E-state index is 0.287. The Hall–Kier alpha value is -3.07. The molecule has 0 unspecified atom stereocenters. The van der Waals surface area contributed by atoms with Crippen molar-refractivity contribution < 1.29 is 8.83 Å². The second-order valence-corrected chi connectivity index (χ2v) is 4.40. The second-order valence-electron chi connectivity index (χ2n) is 4.40. The van der Waals surface area contributed by atoms with Crippen LogP contribution in [0.2, 0.25) is 0 Å². The summed E-state index contributed by atoms with van der Waals surface area (Å²) in [5.41, 5.74) is 0.287. The third-order valence-corrected chi connectivity index (χ3v) is 2.94. The van der Waals surface area contributed by atoms with Gasteiger partial charge in [0.15, 0.2) is 11.5 Å². The van der Waals surface area contributed by atoms with Crippen LogP contribution in [0.1, 0.15) is 17.2 Å². The topological polar surface area (TPSA) is 79.1 Å². The zero-order chi connectivity index (χ0) is 14.5. The molecule has 0 aliphatic rings. The van der Waals surface area contributed by atoms with Gasteiger partial charge in [-0.25, -0.2) is 0 Å². The number of anilines is 1. The zero-order valence-electron chi connectivity index (χ0n) is 11.1. The molecule has 3 aromatic rings. The van der Waals surface area contributed by atoms with E-state index in [-0.39, 0.29) is 5.69 Å². The largest absolute Gasteiger partial charge is 0.467 e. The molecule has 0 radical (unpaired) electrons. The summed E-state index contributed by atoms with van der Waals surface area (Å²) < 4.78 is 10.8. The highest BCUT2D eigenvalue weighted by atomic mass is 16.3. The molecule has 0 saturated carbocycles. The Morgan fingerprint density at radius 2 is 1.62 bits per heavy atom. The smallest absolute Gasteiger partial charge is 0.163 e. The van der Waals surface area contributed by atoms with Crippen molar-refractivity contribution >= 4 is 5.82 Å². The molecular weight excluding hydrogens is 268 g/mol. The third-order valence-electron chi connectivity index (χ3n) is 2.94. The summed E-state index contributed by atoms with van der Waals surface area (Å²) in [4.78, 5) is 1.96. The Morgan fingerprint density at radius 3 is 2.05 bits per heavy atom. The quantitative estimate of drug-likeness (QED) is 0.715. The first-order chi connectivity index (χ1) is 10.3. The van der Waals surface area contributed by atoms with E-state index >= 15 is 0 Å². The van der Waals surface area contributed by atoms with Crippen molar-refractivity contribution in [3.63, 3.8) is 0 Å². The van der Waals surface area contributed by atoms with Crippen LogP contribution in [0.3, 0.4) is 0 Å². The van der Waals surface area contributed by atoms with E-state index < -0.39 is 0 Å². The van der Waals surface area contributed by atoms with Crippen molar-refractivity contribution in [2.75, 3.05) is 4.90 Å². The summed E-state index contributed by atoms with van der Waals surface area (Å²) in [5.74, 6) is 2.28. The van der Waals surface area contributed by atoms with Crippen molar-refractivity contribution in [1.29, 1.82) is 5.26 Å². The lowest BCUT2D eigenvalue weighted by molar-refractivity contribution is 0.475. The van der Waals surface area contributed by atoms with Crippen LogP contribution < -0.4 is 4.90 Å². The normalized spacial score (nSPS) is 10.2. The first-order valence-corrected chi connectivity index (χ1v) is 6.39. The molecular formula is C15H12N4O2. The zero-order valence-corrected chi connectivity index (χ0v) is 11.1. The minimum Gasteiger partial charge on any atom is -0.467 e. The fourth-order valence-electron chi connectivity index (χ4n) is 1.95. The van der Waals surface area contributed by atoms with E-state index in [0.717, 1.165) is 11.5 Å². The van der Waals surface area contributed by atoms with Crippen LogP contribution in [0, 0.1) is 11.3 Å². The lowest BCUT2D eigenvalue weighted by Gasteiger charge is -2.20. The fraction of sp³-hybridized carbons (Fsp3) is 0.133. The second kappa shape index (κ2) is 5.92. The monoisotopic (exact) mass is 280 g/mol. The number of hydrogen-bond acceptors (Lipinski definition) is 6. The van der Waals surface area contributed by atoms with Gasteiger partial charge in [0.25, 0.3) is 0 Å². The Bertz CT molecular complexity index is 676. The fourth-order valence-corrected chi connectivity index (χ4v) is 1.95. The molecule has 0 fully saturated rings. The van der Waals surface area contributed by atoms with Crippen molar-refractivity contribution in [2.24, 2.45) is 0 Å². The average molecular weight is 280 g/mol. The molecule has 0 saturated heterocycles. The lowest BCUT2D eigenvalue weighted by atomic mass is 10.3. The van der Waals surface area contributed by atoms with Crippen molar-refractivity contribution in [2.45, 2.75) is 13.1 Å². The number of nitrogens with zero attached hydrogens (tertiary/aromatic N) is 4. The highest BCUT2D eigenvalue weighted by Crippen LogP contribution is 2.18. The molecule has 3 aromatic heterocycles. The number of hydrogen-bond donors (Lipinski definition) is 0. The predicted molar refractivity (Wildman–Crippen MR) is 74.1 cm³/mol. The number of rotatable bonds is 5. The van der Waals surface area contributed by atoms with E-state index in [4.69, 9.17) is 14.1 Å². The molecule has 6 nitrogen and oxygen atoms in total. The van der Waals surface area contributed by atoms with Gasteiger partial charge in [0.2, 0.25) is 0 Å². The predicted octanol–water partition coefficient (Wildman–Crippen LogP) is 2.74. The van der Waals surface area contributed by atoms with Gasteiger partial charge in [-0.15, -0.1) is 10.2 Å². The van der Waals surface area contributed by atoms with Gasteiger partial charge in [0.1, 0.15) is 17.6 Å². The Balaban J connectivity index is 1.85. The number of nitriles is 1. The van der Waals surface area contributed by atoms with Crippen molar-refractivity contribution in [1.82, 2.24) is 10.2 Å². The summed E-state index contributed by atoms with van der Waals surface area (Å²) in [6, 6.07) is 12.8. The van der Waals surface area contributed by atoms with Crippen LogP contribution in [0.4, 0.5) is 5.82 Å². The van der Waals surface area contributed by atoms with Crippen LogP contribution in [-0.2, 0) is 13.1 Å². The first kappa shape index (κ1) is 12.9. The van der Waals surface area contributed by atoms with E-state index in [0.29, 0.717) is 18.9 Å². The van der Waals surface area contributed by atoms with Gasteiger partial charge >= 0.3 is 0 Å². The molecule has 3 rings (SSSR count). The van der Waals surface area contributed by atoms with Crippen LogP contribution in [0.25, 0.3) is 0 Å². The summed E-state index contributed by atoms with van der Waals surface area (Å²) in [7, 11) is 0. The van der Waals surface area contributed by atoms with Crippen LogP contribution >= 0.6 is 0 Å². The molecule has 0 amide bonds. The van der Waals surface area contributed by atoms with E-state index in [1.165, 1.54) is 0 Å². The van der Waals surface area contributed by atoms with Gasteiger partial charge in [-0.05, 0) is 36.4 Å². The van der Waals surface area contributed by atoms with Gasteiger partial charge in [0, 0.05) is 0 Å². The van der Waals surface area contributed by atoms with E-state index in [1.807, 2.05) is 35.2 Å². The SMILES string of the molecule is N#Cc1ccc(N(Cc2ccco2)Cc2ccco2)nn1. The molecule has 0 N–H and O–H groups in total. The highest BCUT2D eigenvalue weighted by molar-refractivity contribution is 5.39. The minimum atomic E-state index is 0.287. The molecule has 21 heavy (non-hydrogen) atoms. The van der Waals surface area contributed by atoms with Gasteiger partial charge in [-0.2, -0.15) is 5.26 Å². The average Bonchev–Trinajstić information content (AvgIpc) is 3.20. The number of furan rings is 2. The van der Waals surface area contributed by atoms with Crippen LogP contribution in [0.15, 0.2) is 57.8 Å². The molecule has 0 aliphatic carbocycles. The van der Waals surface area contributed by atoms with Gasteiger partial charge in [-0.3, -0.25) is 0 Å². The van der Waals surface area contributed by atoms with Gasteiger partial charge in [0.05, 0.1) is 25.6 Å². The number of aromatic nitrogens is 2. The Morgan fingerprint density at radius 1 is 0.952 bits per heavy atom. The first-order valence-electron chi connectivity index (χ1n) is 6.39. The molecule has 0 atom stereocenters. The molecule has 0 bridgehead atoms. The molecule has 0 aromatic carbocycles. The Kier molecular flexibility index (Phi) is 3.65. The maximum absolute atomic E-state index is 8.79. The standard InChI is InChI=1S/C15H12N4O2/c16-9-12-5-6-15(18-17-12)19(10-13-3-1-7-20-13)11-14-4-2-8-21-14/h1-8H,10-11H2. The van der Waals surface area contributed by atoms with Gasteiger partial charge in [-0.1, -0.05) is 0 Å². The van der Waals surface area contributed by atoms with Crippen molar-refractivity contribution in [3.05, 3.63) is 66.1 Å². The van der Waals surface area contributed by atoms with Crippen LogP contribution in [0.5, 0.6) is 0 Å². The maximum Gasteiger partial charge on any atom is 0.163 e. The summed E-state index contributed by atoms with van der Waals surface area (Å²) in [6.45, 7) is 1.07. The van der Waals surface area contributed by atoms with E-state index in [1.54, 1.807) is 24.7 Å². The molecule has 3 heterocycles. The summed E-state index contributed by atoms with van der Waals surface area (Å²) in [6.07, 6.45) is 3.26. The molecule has 0 aliphatic heterocycles. The highest BCUT2D eigenvalue weighted by Gasteiger charge is 2.13. The maximum atomic E-state index is 8.79. The third kappa shape index (κ3) is 3.09. The summed E-state index contributed by atoms with van der Waals surface area (Å²) in [5, 5.41) is 16.7. The van der Waals surface area contributed by atoms with Crippen molar-refractivity contribution in [3.8, 4) is 6.07 Å². The van der Waals surface area contributed by atoms with E-state index in [9.17, 15) is 0 Å². The van der Waals surface area contributed by atoms with Gasteiger partial charge < -0.3 is 13.7 Å². The molecule has 0 spiro atoms. The Labute approximate surface area is 121 Å². The molecule has 104 valence electrons. The lowest BCUT2D eigenvalue weighted by Crippen LogP contribution is -2.23. The van der Waals surface area contributed by atoms with Crippen LogP contribution in [-0.4, -0.2) is 10.2 Å².